The quantitative estimate of drug-likeness (QED) is 0.746. The second-order valence-corrected chi connectivity index (χ2v) is 6.92. The molecule has 2 N–H and O–H groups in total. The number of likely N-dealkylation sites (N-methyl/N-ethyl adjacent to an activating group) is 1. The molecule has 3 heteroatoms. The zero-order valence-electron chi connectivity index (χ0n) is 13.6. The summed E-state index contributed by atoms with van der Waals surface area (Å²) in [6.07, 6.45) is 3.68. The zero-order chi connectivity index (χ0) is 14.5. The van der Waals surface area contributed by atoms with Crippen molar-refractivity contribution in [3.8, 4) is 0 Å². The van der Waals surface area contributed by atoms with Gasteiger partial charge in [0.15, 0.2) is 0 Å². The highest BCUT2D eigenvalue weighted by molar-refractivity contribution is 4.88. The van der Waals surface area contributed by atoms with E-state index < -0.39 is 0 Å². The Bertz CT molecular complexity index is 249. The Morgan fingerprint density at radius 2 is 1.84 bits per heavy atom. The Hall–Kier alpha value is -0.120. The van der Waals surface area contributed by atoms with Crippen LogP contribution in [0, 0.1) is 11.8 Å². The minimum Gasteiger partial charge on any atom is -0.394 e. The predicted molar refractivity (Wildman–Crippen MR) is 82.4 cm³/mol. The van der Waals surface area contributed by atoms with E-state index in [0.717, 1.165) is 24.8 Å². The molecule has 114 valence electrons. The van der Waals surface area contributed by atoms with Gasteiger partial charge in [0, 0.05) is 11.6 Å². The highest BCUT2D eigenvalue weighted by Crippen LogP contribution is 2.27. The Morgan fingerprint density at radius 3 is 2.26 bits per heavy atom. The summed E-state index contributed by atoms with van der Waals surface area (Å²) in [6, 6.07) is 0.546. The van der Waals surface area contributed by atoms with Gasteiger partial charge in [0.1, 0.15) is 0 Å². The summed E-state index contributed by atoms with van der Waals surface area (Å²) < 4.78 is 0. The van der Waals surface area contributed by atoms with Crippen molar-refractivity contribution in [2.24, 2.45) is 11.8 Å². The van der Waals surface area contributed by atoms with Crippen LogP contribution in [-0.2, 0) is 0 Å². The van der Waals surface area contributed by atoms with Gasteiger partial charge in [0.25, 0.3) is 0 Å². The molecule has 0 aliphatic carbocycles. The monoisotopic (exact) mass is 270 g/mol. The fraction of sp³-hybridized carbons (Fsp3) is 1.00. The number of rotatable bonds is 7. The van der Waals surface area contributed by atoms with Crippen LogP contribution >= 0.6 is 0 Å². The van der Waals surface area contributed by atoms with Crippen molar-refractivity contribution in [1.29, 1.82) is 0 Å². The lowest BCUT2D eigenvalue weighted by molar-refractivity contribution is 0.0823. The van der Waals surface area contributed by atoms with Crippen LogP contribution in [0.3, 0.4) is 0 Å². The maximum Gasteiger partial charge on any atom is 0.0611 e. The minimum atomic E-state index is -0.136. The molecule has 2 atom stereocenters. The number of nitrogens with one attached hydrogen (secondary N) is 1. The molecule has 1 fully saturated rings. The molecule has 0 aromatic rings. The molecule has 0 radical (unpaired) electrons. The van der Waals surface area contributed by atoms with Crippen LogP contribution in [0.5, 0.6) is 0 Å². The number of likely N-dealkylation sites (tertiary alicyclic amines) is 1. The molecule has 1 rings (SSSR count). The van der Waals surface area contributed by atoms with Gasteiger partial charge in [-0.05, 0) is 64.6 Å². The van der Waals surface area contributed by atoms with Crippen molar-refractivity contribution in [2.75, 3.05) is 26.2 Å². The van der Waals surface area contributed by atoms with Crippen LogP contribution < -0.4 is 5.32 Å². The van der Waals surface area contributed by atoms with Crippen molar-refractivity contribution in [1.82, 2.24) is 10.2 Å². The molecule has 19 heavy (non-hydrogen) atoms. The van der Waals surface area contributed by atoms with E-state index in [1.807, 2.05) is 0 Å². The maximum absolute atomic E-state index is 9.60. The van der Waals surface area contributed by atoms with E-state index in [-0.39, 0.29) is 12.1 Å². The molecule has 1 aliphatic rings. The molecule has 1 saturated heterocycles. The smallest absolute Gasteiger partial charge is 0.0611 e. The molecule has 2 unspecified atom stereocenters. The number of nitrogens with zero attached hydrogens (tertiary/aromatic N) is 1. The SMILES string of the molecule is CCNC(C)(CO)CC(C)N1CCC(C(C)C)CC1. The molecule has 0 saturated carbocycles. The van der Waals surface area contributed by atoms with E-state index >= 15 is 0 Å². The first kappa shape index (κ1) is 16.9. The number of hydrogen-bond acceptors (Lipinski definition) is 3. The van der Waals surface area contributed by atoms with Crippen LogP contribution in [0.2, 0.25) is 0 Å². The Kier molecular flexibility index (Phi) is 6.78. The van der Waals surface area contributed by atoms with Crippen LogP contribution in [0.15, 0.2) is 0 Å². The molecule has 0 amide bonds. The van der Waals surface area contributed by atoms with Crippen molar-refractivity contribution in [2.45, 2.75) is 65.5 Å². The standard InChI is InChI=1S/C16H34N2O/c1-6-17-16(5,12-19)11-14(4)18-9-7-15(8-10-18)13(2)3/h13-15,17,19H,6-12H2,1-5H3. The second kappa shape index (κ2) is 7.61. The topological polar surface area (TPSA) is 35.5 Å². The predicted octanol–water partition coefficient (Wildman–Crippen LogP) is 2.49. The number of hydrogen-bond donors (Lipinski definition) is 2. The van der Waals surface area contributed by atoms with Crippen molar-refractivity contribution < 1.29 is 5.11 Å². The van der Waals surface area contributed by atoms with E-state index in [9.17, 15) is 5.11 Å². The number of piperidine rings is 1. The molecule has 1 heterocycles. The van der Waals surface area contributed by atoms with Gasteiger partial charge in [-0.3, -0.25) is 0 Å². The number of aliphatic hydroxyl groups is 1. The first-order valence-corrected chi connectivity index (χ1v) is 8.01. The van der Waals surface area contributed by atoms with Gasteiger partial charge in [-0.25, -0.2) is 0 Å². The lowest BCUT2D eigenvalue weighted by atomic mass is 9.85. The first-order chi connectivity index (χ1) is 8.91. The van der Waals surface area contributed by atoms with Crippen LogP contribution in [0.1, 0.15) is 53.9 Å². The Labute approximate surface area is 119 Å². The molecule has 0 spiro atoms. The molecule has 0 aromatic carbocycles. The van der Waals surface area contributed by atoms with Gasteiger partial charge in [0.05, 0.1) is 6.61 Å². The highest BCUT2D eigenvalue weighted by Gasteiger charge is 2.30. The van der Waals surface area contributed by atoms with E-state index in [1.165, 1.54) is 25.9 Å². The average Bonchev–Trinajstić information content (AvgIpc) is 2.39. The normalized spacial score (nSPS) is 23.5. The molecule has 3 nitrogen and oxygen atoms in total. The number of aliphatic hydroxyl groups excluding tert-OH is 1. The maximum atomic E-state index is 9.60. The second-order valence-electron chi connectivity index (χ2n) is 6.92. The van der Waals surface area contributed by atoms with E-state index in [4.69, 9.17) is 0 Å². The summed E-state index contributed by atoms with van der Waals surface area (Å²) in [5.41, 5.74) is -0.136. The van der Waals surface area contributed by atoms with Gasteiger partial charge >= 0.3 is 0 Å². The highest BCUT2D eigenvalue weighted by atomic mass is 16.3. The summed E-state index contributed by atoms with van der Waals surface area (Å²) in [5, 5.41) is 13.0. The van der Waals surface area contributed by atoms with Gasteiger partial charge < -0.3 is 15.3 Å². The summed E-state index contributed by atoms with van der Waals surface area (Å²) in [5.74, 6) is 1.73. The Morgan fingerprint density at radius 1 is 1.26 bits per heavy atom. The summed E-state index contributed by atoms with van der Waals surface area (Å²) >= 11 is 0. The van der Waals surface area contributed by atoms with Crippen molar-refractivity contribution in [3.05, 3.63) is 0 Å². The minimum absolute atomic E-state index is 0.136. The van der Waals surface area contributed by atoms with Crippen molar-refractivity contribution in [3.63, 3.8) is 0 Å². The van der Waals surface area contributed by atoms with Gasteiger partial charge in [-0.15, -0.1) is 0 Å². The van der Waals surface area contributed by atoms with Gasteiger partial charge in [-0.1, -0.05) is 20.8 Å². The Balaban J connectivity index is 2.44. The summed E-state index contributed by atoms with van der Waals surface area (Å²) in [7, 11) is 0. The van der Waals surface area contributed by atoms with Gasteiger partial charge in [-0.2, -0.15) is 0 Å². The van der Waals surface area contributed by atoms with Gasteiger partial charge in [0.2, 0.25) is 0 Å². The zero-order valence-corrected chi connectivity index (χ0v) is 13.6. The molecule has 0 aromatic heterocycles. The third-order valence-electron chi connectivity index (χ3n) is 4.84. The lowest BCUT2D eigenvalue weighted by Gasteiger charge is -2.41. The largest absolute Gasteiger partial charge is 0.394 e. The fourth-order valence-electron chi connectivity index (χ4n) is 3.43. The van der Waals surface area contributed by atoms with E-state index in [1.54, 1.807) is 0 Å². The van der Waals surface area contributed by atoms with Crippen LogP contribution in [0.25, 0.3) is 0 Å². The molecule has 1 aliphatic heterocycles. The summed E-state index contributed by atoms with van der Waals surface area (Å²) in [6.45, 7) is 14.8. The average molecular weight is 270 g/mol. The third-order valence-corrected chi connectivity index (χ3v) is 4.84. The van der Waals surface area contributed by atoms with E-state index in [0.29, 0.717) is 6.04 Å². The summed E-state index contributed by atoms with van der Waals surface area (Å²) in [4.78, 5) is 2.60. The third kappa shape index (κ3) is 5.05. The molecular formula is C16H34N2O. The van der Waals surface area contributed by atoms with Crippen LogP contribution in [-0.4, -0.2) is 47.8 Å². The lowest BCUT2D eigenvalue weighted by Crippen LogP contribution is -2.51. The van der Waals surface area contributed by atoms with Crippen molar-refractivity contribution >= 4 is 0 Å². The molecular weight excluding hydrogens is 236 g/mol. The first-order valence-electron chi connectivity index (χ1n) is 8.01. The van der Waals surface area contributed by atoms with Crippen LogP contribution in [0.4, 0.5) is 0 Å². The van der Waals surface area contributed by atoms with E-state index in [2.05, 4.69) is 44.8 Å². The molecule has 0 bridgehead atoms. The fourth-order valence-corrected chi connectivity index (χ4v) is 3.43.